The lowest BCUT2D eigenvalue weighted by Crippen LogP contribution is -2.39. The summed E-state index contributed by atoms with van der Waals surface area (Å²) in [6, 6.07) is 7.25. The number of urea groups is 1. The number of aromatic nitrogens is 3. The number of aliphatic hydroxyl groups excluding tert-OH is 1. The van der Waals surface area contributed by atoms with E-state index >= 15 is 0 Å². The highest BCUT2D eigenvalue weighted by Gasteiger charge is 2.33. The van der Waals surface area contributed by atoms with Gasteiger partial charge in [-0.2, -0.15) is 5.10 Å². The molecule has 0 spiro atoms. The van der Waals surface area contributed by atoms with Gasteiger partial charge < -0.3 is 10.4 Å². The molecule has 25 heavy (non-hydrogen) atoms. The van der Waals surface area contributed by atoms with Crippen LogP contribution in [0.2, 0.25) is 0 Å². The highest BCUT2D eigenvalue weighted by Crippen LogP contribution is 2.40. The van der Waals surface area contributed by atoms with Gasteiger partial charge in [-0.25, -0.2) is 4.79 Å². The predicted molar refractivity (Wildman–Crippen MR) is 95.2 cm³/mol. The van der Waals surface area contributed by atoms with Crippen LogP contribution in [0, 0.1) is 5.41 Å². The number of rotatable bonds is 7. The Bertz CT molecular complexity index is 680. The number of nitrogens with one attached hydrogen (secondary N) is 2. The van der Waals surface area contributed by atoms with E-state index in [0.29, 0.717) is 18.9 Å². The summed E-state index contributed by atoms with van der Waals surface area (Å²) >= 11 is 0. The Morgan fingerprint density at radius 1 is 1.28 bits per heavy atom. The number of pyridine rings is 1. The molecule has 2 aromatic heterocycles. The van der Waals surface area contributed by atoms with Crippen molar-refractivity contribution in [2.75, 3.05) is 18.5 Å². The summed E-state index contributed by atoms with van der Waals surface area (Å²) in [5.41, 5.74) is 0.957. The fourth-order valence-corrected chi connectivity index (χ4v) is 3.48. The maximum absolute atomic E-state index is 12.1. The predicted octanol–water partition coefficient (Wildman–Crippen LogP) is 2.39. The quantitative estimate of drug-likeness (QED) is 0.720. The Morgan fingerprint density at radius 3 is 2.84 bits per heavy atom. The molecule has 1 aliphatic rings. The van der Waals surface area contributed by atoms with Crippen molar-refractivity contribution in [1.29, 1.82) is 0 Å². The van der Waals surface area contributed by atoms with Gasteiger partial charge in [-0.05, 0) is 36.8 Å². The molecule has 0 atom stereocenters. The average Bonchev–Trinajstić information content (AvgIpc) is 3.25. The second-order valence-electron chi connectivity index (χ2n) is 6.71. The monoisotopic (exact) mass is 343 g/mol. The summed E-state index contributed by atoms with van der Waals surface area (Å²) in [5.74, 6) is 0.510. The summed E-state index contributed by atoms with van der Waals surface area (Å²) in [6.07, 6.45) is 8.76. The van der Waals surface area contributed by atoms with Crippen molar-refractivity contribution in [3.8, 4) is 0 Å². The lowest BCUT2D eigenvalue weighted by atomic mass is 9.83. The molecule has 0 unspecified atom stereocenters. The zero-order valence-corrected chi connectivity index (χ0v) is 14.3. The van der Waals surface area contributed by atoms with Crippen LogP contribution in [-0.4, -0.2) is 39.1 Å². The van der Waals surface area contributed by atoms with Gasteiger partial charge in [0.15, 0.2) is 5.82 Å². The first-order chi connectivity index (χ1) is 12.2. The average molecular weight is 343 g/mol. The second-order valence-corrected chi connectivity index (χ2v) is 6.71. The van der Waals surface area contributed by atoms with Crippen LogP contribution in [0.3, 0.4) is 0 Å². The van der Waals surface area contributed by atoms with Gasteiger partial charge in [-0.15, -0.1) is 0 Å². The molecule has 7 nitrogen and oxygen atoms in total. The molecule has 0 radical (unpaired) electrons. The molecule has 2 amide bonds. The van der Waals surface area contributed by atoms with Crippen LogP contribution in [0.25, 0.3) is 0 Å². The molecule has 2 aromatic rings. The number of carbonyl (C=O) groups excluding carboxylic acids is 1. The number of amides is 2. The van der Waals surface area contributed by atoms with Gasteiger partial charge in [0.2, 0.25) is 0 Å². The number of carbonyl (C=O) groups is 1. The van der Waals surface area contributed by atoms with Gasteiger partial charge in [0.25, 0.3) is 0 Å². The number of hydrogen-bond donors (Lipinski definition) is 3. The smallest absolute Gasteiger partial charge is 0.320 e. The number of aliphatic hydroxyl groups is 1. The molecule has 0 aliphatic heterocycles. The Labute approximate surface area is 147 Å². The van der Waals surface area contributed by atoms with E-state index in [-0.39, 0.29) is 18.1 Å². The highest BCUT2D eigenvalue weighted by molar-refractivity contribution is 5.88. The van der Waals surface area contributed by atoms with E-state index in [1.807, 2.05) is 24.4 Å². The van der Waals surface area contributed by atoms with E-state index < -0.39 is 0 Å². The number of nitrogens with zero attached hydrogens (tertiary/aromatic N) is 3. The van der Waals surface area contributed by atoms with Crippen LogP contribution < -0.4 is 10.6 Å². The molecule has 2 heterocycles. The minimum absolute atomic E-state index is 0.0461. The zero-order valence-electron chi connectivity index (χ0n) is 14.3. The summed E-state index contributed by atoms with van der Waals surface area (Å²) in [5, 5.41) is 19.3. The van der Waals surface area contributed by atoms with Gasteiger partial charge in [0.05, 0.1) is 12.2 Å². The zero-order chi connectivity index (χ0) is 17.5. The summed E-state index contributed by atoms with van der Waals surface area (Å²) in [7, 11) is 0. The van der Waals surface area contributed by atoms with Crippen molar-refractivity contribution < 1.29 is 9.90 Å². The van der Waals surface area contributed by atoms with Gasteiger partial charge in [0, 0.05) is 31.6 Å². The van der Waals surface area contributed by atoms with E-state index in [1.54, 1.807) is 16.9 Å². The molecule has 1 fully saturated rings. The van der Waals surface area contributed by atoms with E-state index in [9.17, 15) is 9.90 Å². The van der Waals surface area contributed by atoms with Crippen LogP contribution in [0.15, 0.2) is 36.7 Å². The topological polar surface area (TPSA) is 92.1 Å². The molecule has 0 aromatic carbocycles. The molecule has 1 saturated carbocycles. The van der Waals surface area contributed by atoms with Gasteiger partial charge in [-0.1, -0.05) is 18.9 Å². The van der Waals surface area contributed by atoms with Crippen LogP contribution >= 0.6 is 0 Å². The molecule has 134 valence electrons. The SMILES string of the molecule is O=C(NCC1(CCO)CCCC1)Nc1ccn(Cc2ccccn2)n1. The molecule has 7 heteroatoms. The molecule has 0 saturated heterocycles. The second kappa shape index (κ2) is 8.11. The van der Waals surface area contributed by atoms with E-state index in [1.165, 1.54) is 12.8 Å². The fourth-order valence-electron chi connectivity index (χ4n) is 3.48. The molecule has 1 aliphatic carbocycles. The third kappa shape index (κ3) is 4.79. The van der Waals surface area contributed by atoms with Crippen molar-refractivity contribution in [2.24, 2.45) is 5.41 Å². The van der Waals surface area contributed by atoms with Crippen molar-refractivity contribution in [3.63, 3.8) is 0 Å². The minimum Gasteiger partial charge on any atom is -0.396 e. The van der Waals surface area contributed by atoms with E-state index in [2.05, 4.69) is 20.7 Å². The summed E-state index contributed by atoms with van der Waals surface area (Å²) in [4.78, 5) is 16.4. The first-order valence-electron chi connectivity index (χ1n) is 8.78. The molecule has 0 bridgehead atoms. The van der Waals surface area contributed by atoms with Crippen molar-refractivity contribution in [3.05, 3.63) is 42.4 Å². The number of hydrogen-bond acceptors (Lipinski definition) is 4. The lowest BCUT2D eigenvalue weighted by molar-refractivity contribution is 0.180. The first kappa shape index (κ1) is 17.4. The Kier molecular flexibility index (Phi) is 5.65. The first-order valence-corrected chi connectivity index (χ1v) is 8.78. The maximum Gasteiger partial charge on any atom is 0.320 e. The van der Waals surface area contributed by atoms with Crippen LogP contribution in [0.1, 0.15) is 37.8 Å². The Morgan fingerprint density at radius 2 is 2.12 bits per heavy atom. The fraction of sp³-hybridized carbons (Fsp3) is 0.500. The third-order valence-electron chi connectivity index (χ3n) is 4.86. The van der Waals surface area contributed by atoms with Crippen LogP contribution in [0.4, 0.5) is 10.6 Å². The molecule has 3 rings (SSSR count). The Balaban J connectivity index is 1.50. The minimum atomic E-state index is -0.257. The van der Waals surface area contributed by atoms with Crippen LogP contribution in [-0.2, 0) is 6.54 Å². The van der Waals surface area contributed by atoms with Gasteiger partial charge in [0.1, 0.15) is 0 Å². The van der Waals surface area contributed by atoms with Crippen molar-refractivity contribution in [2.45, 2.75) is 38.6 Å². The molecular formula is C18H25N5O2. The largest absolute Gasteiger partial charge is 0.396 e. The van der Waals surface area contributed by atoms with Crippen molar-refractivity contribution >= 4 is 11.8 Å². The number of anilines is 1. The van der Waals surface area contributed by atoms with E-state index in [0.717, 1.165) is 25.0 Å². The Hall–Kier alpha value is -2.41. The highest BCUT2D eigenvalue weighted by atomic mass is 16.3. The molecule has 3 N–H and O–H groups in total. The summed E-state index contributed by atoms with van der Waals surface area (Å²) in [6.45, 7) is 1.32. The van der Waals surface area contributed by atoms with E-state index in [4.69, 9.17) is 0 Å². The van der Waals surface area contributed by atoms with Crippen molar-refractivity contribution in [1.82, 2.24) is 20.1 Å². The summed E-state index contributed by atoms with van der Waals surface area (Å²) < 4.78 is 1.74. The lowest BCUT2D eigenvalue weighted by Gasteiger charge is -2.28. The van der Waals surface area contributed by atoms with Crippen LogP contribution in [0.5, 0.6) is 0 Å². The molecular weight excluding hydrogens is 318 g/mol. The van der Waals surface area contributed by atoms with Gasteiger partial charge in [-0.3, -0.25) is 15.0 Å². The van der Waals surface area contributed by atoms with Gasteiger partial charge >= 0.3 is 6.03 Å². The standard InChI is InChI=1S/C18H25N5O2/c24-12-9-18(7-2-3-8-18)14-20-17(25)21-16-6-11-23(22-16)13-15-5-1-4-10-19-15/h1,4-6,10-11,24H,2-3,7-9,12-14H2,(H2,20,21,22,25). The third-order valence-corrected chi connectivity index (χ3v) is 4.86. The maximum atomic E-state index is 12.1. The normalized spacial score (nSPS) is 15.9.